The highest BCUT2D eigenvalue weighted by Crippen LogP contribution is 2.31. The van der Waals surface area contributed by atoms with E-state index in [2.05, 4.69) is 21.2 Å². The summed E-state index contributed by atoms with van der Waals surface area (Å²) in [5.41, 5.74) is 6.67. The molecule has 1 fully saturated rings. The quantitative estimate of drug-likeness (QED) is 0.733. The van der Waals surface area contributed by atoms with Crippen molar-refractivity contribution in [2.45, 2.75) is 19.3 Å². The van der Waals surface area contributed by atoms with Crippen molar-refractivity contribution in [2.24, 2.45) is 11.8 Å². The molecule has 1 aromatic rings. The van der Waals surface area contributed by atoms with E-state index in [-0.39, 0.29) is 17.7 Å². The first kappa shape index (κ1) is 14.8. The molecule has 6 heteroatoms. The van der Waals surface area contributed by atoms with Crippen LogP contribution in [0.15, 0.2) is 22.7 Å². The Morgan fingerprint density at radius 2 is 2.10 bits per heavy atom. The first-order valence-corrected chi connectivity index (χ1v) is 7.33. The number of nitrogens with one attached hydrogen (secondary N) is 1. The fourth-order valence-electron chi connectivity index (χ4n) is 2.68. The smallest absolute Gasteiger partial charge is 0.306 e. The number of nitrogens with two attached hydrogens (primary N) is 1. The minimum absolute atomic E-state index is 0.0148. The van der Waals surface area contributed by atoms with Crippen molar-refractivity contribution in [3.05, 3.63) is 28.2 Å². The Kier molecular flexibility index (Phi) is 4.65. The highest BCUT2D eigenvalue weighted by molar-refractivity contribution is 9.10. The third kappa shape index (κ3) is 3.50. The third-order valence-corrected chi connectivity index (χ3v) is 4.14. The zero-order chi connectivity index (χ0) is 14.7. The van der Waals surface area contributed by atoms with Gasteiger partial charge in [-0.3, -0.25) is 9.59 Å². The van der Waals surface area contributed by atoms with Crippen LogP contribution in [0.2, 0.25) is 0 Å². The molecule has 2 rings (SSSR count). The molecule has 0 aromatic heterocycles. The second-order valence-electron chi connectivity index (χ2n) is 5.12. The van der Waals surface area contributed by atoms with Gasteiger partial charge in [0.25, 0.3) is 5.91 Å². The summed E-state index contributed by atoms with van der Waals surface area (Å²) in [6, 6.07) is 5.01. The van der Waals surface area contributed by atoms with Gasteiger partial charge in [0.15, 0.2) is 0 Å². The van der Waals surface area contributed by atoms with Crippen LogP contribution in [0.1, 0.15) is 29.6 Å². The number of carbonyl (C=O) groups excluding carboxylic acids is 1. The number of carbonyl (C=O) groups is 2. The van der Waals surface area contributed by atoms with E-state index in [1.807, 2.05) is 0 Å². The van der Waals surface area contributed by atoms with Crippen LogP contribution in [0.5, 0.6) is 0 Å². The minimum atomic E-state index is -0.770. The lowest BCUT2D eigenvalue weighted by molar-refractivity contribution is -0.142. The number of halogens is 1. The van der Waals surface area contributed by atoms with Gasteiger partial charge in [0.2, 0.25) is 0 Å². The largest absolute Gasteiger partial charge is 0.481 e. The zero-order valence-corrected chi connectivity index (χ0v) is 12.5. The highest BCUT2D eigenvalue weighted by Gasteiger charge is 2.32. The Hall–Kier alpha value is -1.56. The molecule has 108 valence electrons. The molecule has 0 aliphatic heterocycles. The summed E-state index contributed by atoms with van der Waals surface area (Å²) in [6.07, 6.45) is 2.44. The number of hydrogen-bond acceptors (Lipinski definition) is 3. The Morgan fingerprint density at radius 3 is 2.75 bits per heavy atom. The molecule has 4 N–H and O–H groups in total. The molecule has 1 aromatic carbocycles. The van der Waals surface area contributed by atoms with Crippen LogP contribution in [-0.2, 0) is 4.79 Å². The maximum absolute atomic E-state index is 12.0. The van der Waals surface area contributed by atoms with Crippen LogP contribution in [0.3, 0.4) is 0 Å². The van der Waals surface area contributed by atoms with Gasteiger partial charge in [-0.15, -0.1) is 0 Å². The van der Waals surface area contributed by atoms with E-state index in [0.29, 0.717) is 24.2 Å². The van der Waals surface area contributed by atoms with Crippen LogP contribution in [0.25, 0.3) is 0 Å². The molecule has 1 saturated carbocycles. The Morgan fingerprint density at radius 1 is 1.35 bits per heavy atom. The van der Waals surface area contributed by atoms with Gasteiger partial charge in [-0.2, -0.15) is 0 Å². The van der Waals surface area contributed by atoms with E-state index in [1.54, 1.807) is 18.2 Å². The van der Waals surface area contributed by atoms with Gasteiger partial charge in [0, 0.05) is 22.3 Å². The van der Waals surface area contributed by atoms with E-state index < -0.39 is 5.97 Å². The Bertz CT molecular complexity index is 513. The second-order valence-corrected chi connectivity index (χ2v) is 6.03. The Balaban J connectivity index is 1.96. The summed E-state index contributed by atoms with van der Waals surface area (Å²) >= 11 is 3.29. The number of carboxylic acids is 1. The van der Waals surface area contributed by atoms with Crippen molar-refractivity contribution in [3.63, 3.8) is 0 Å². The number of benzene rings is 1. The molecule has 2 unspecified atom stereocenters. The van der Waals surface area contributed by atoms with E-state index in [0.717, 1.165) is 17.3 Å². The first-order chi connectivity index (χ1) is 9.47. The van der Waals surface area contributed by atoms with Gasteiger partial charge < -0.3 is 16.2 Å². The average molecular weight is 341 g/mol. The van der Waals surface area contributed by atoms with Crippen molar-refractivity contribution >= 4 is 33.5 Å². The lowest BCUT2D eigenvalue weighted by Crippen LogP contribution is -2.33. The van der Waals surface area contributed by atoms with Crippen molar-refractivity contribution in [2.75, 3.05) is 12.3 Å². The summed E-state index contributed by atoms with van der Waals surface area (Å²) in [6.45, 7) is 0.391. The number of rotatable bonds is 4. The molecule has 20 heavy (non-hydrogen) atoms. The van der Waals surface area contributed by atoms with Gasteiger partial charge in [-0.1, -0.05) is 22.4 Å². The number of anilines is 1. The fourth-order valence-corrected chi connectivity index (χ4v) is 3.19. The highest BCUT2D eigenvalue weighted by atomic mass is 79.9. The van der Waals surface area contributed by atoms with E-state index in [1.165, 1.54) is 0 Å². The number of carboxylic acid groups (broad SMARTS) is 1. The van der Waals surface area contributed by atoms with Crippen molar-refractivity contribution in [3.8, 4) is 0 Å². The molecule has 1 aliphatic rings. The van der Waals surface area contributed by atoms with Crippen LogP contribution in [0.4, 0.5) is 5.69 Å². The molecule has 1 aliphatic carbocycles. The minimum Gasteiger partial charge on any atom is -0.481 e. The molecule has 5 nitrogen and oxygen atoms in total. The predicted octanol–water partition coefficient (Wildman–Crippen LogP) is 2.26. The number of aliphatic carboxylic acids is 1. The molecule has 0 radical (unpaired) electrons. The topological polar surface area (TPSA) is 92.4 Å². The SMILES string of the molecule is Nc1cc(Br)cc(C(=O)NCC2CCCC2C(=O)O)c1. The maximum atomic E-state index is 12.0. The number of amides is 1. The molecule has 0 heterocycles. The second kappa shape index (κ2) is 6.26. The summed E-state index contributed by atoms with van der Waals surface area (Å²) in [5.74, 6) is -1.33. The molecule has 0 saturated heterocycles. The van der Waals surface area contributed by atoms with Crippen molar-refractivity contribution in [1.29, 1.82) is 0 Å². The van der Waals surface area contributed by atoms with Gasteiger partial charge in [-0.05, 0) is 37.0 Å². The fraction of sp³-hybridized carbons (Fsp3) is 0.429. The van der Waals surface area contributed by atoms with Gasteiger partial charge >= 0.3 is 5.97 Å². The number of nitrogen functional groups attached to an aromatic ring is 1. The van der Waals surface area contributed by atoms with E-state index in [4.69, 9.17) is 10.8 Å². The van der Waals surface area contributed by atoms with Crippen LogP contribution in [-0.4, -0.2) is 23.5 Å². The van der Waals surface area contributed by atoms with Crippen molar-refractivity contribution < 1.29 is 14.7 Å². The van der Waals surface area contributed by atoms with Gasteiger partial charge in [0.05, 0.1) is 5.92 Å². The summed E-state index contributed by atoms with van der Waals surface area (Å²) in [5, 5.41) is 11.9. The summed E-state index contributed by atoms with van der Waals surface area (Å²) in [4.78, 5) is 23.1. The number of hydrogen-bond donors (Lipinski definition) is 3. The zero-order valence-electron chi connectivity index (χ0n) is 10.9. The monoisotopic (exact) mass is 340 g/mol. The van der Waals surface area contributed by atoms with Crippen LogP contribution >= 0.6 is 15.9 Å². The lowest BCUT2D eigenvalue weighted by atomic mass is 9.96. The standard InChI is InChI=1S/C14H17BrN2O3/c15-10-4-9(5-11(16)6-10)13(18)17-7-8-2-1-3-12(8)14(19)20/h4-6,8,12H,1-3,7,16H2,(H,17,18)(H,19,20). The summed E-state index contributed by atoms with van der Waals surface area (Å²) < 4.78 is 0.743. The van der Waals surface area contributed by atoms with E-state index >= 15 is 0 Å². The Labute approximate surface area is 125 Å². The first-order valence-electron chi connectivity index (χ1n) is 6.54. The molecule has 0 spiro atoms. The molecular formula is C14H17BrN2O3. The third-order valence-electron chi connectivity index (χ3n) is 3.68. The van der Waals surface area contributed by atoms with Crippen LogP contribution in [0, 0.1) is 11.8 Å². The molecule has 2 atom stereocenters. The van der Waals surface area contributed by atoms with E-state index in [9.17, 15) is 9.59 Å². The summed E-state index contributed by atoms with van der Waals surface area (Å²) in [7, 11) is 0. The van der Waals surface area contributed by atoms with Crippen LogP contribution < -0.4 is 11.1 Å². The lowest BCUT2D eigenvalue weighted by Gasteiger charge is -2.16. The van der Waals surface area contributed by atoms with Gasteiger partial charge in [0.1, 0.15) is 0 Å². The van der Waals surface area contributed by atoms with Crippen molar-refractivity contribution in [1.82, 2.24) is 5.32 Å². The molecular weight excluding hydrogens is 324 g/mol. The average Bonchev–Trinajstić information content (AvgIpc) is 2.83. The molecule has 1 amide bonds. The predicted molar refractivity (Wildman–Crippen MR) is 79.4 cm³/mol. The molecule has 0 bridgehead atoms. The maximum Gasteiger partial charge on any atom is 0.306 e. The van der Waals surface area contributed by atoms with Gasteiger partial charge in [-0.25, -0.2) is 0 Å². The normalized spacial score (nSPS) is 21.6.